The Labute approximate surface area is 187 Å². The Morgan fingerprint density at radius 1 is 0.903 bits per heavy atom. The van der Waals surface area contributed by atoms with Crippen molar-refractivity contribution in [3.63, 3.8) is 0 Å². The second-order valence-corrected chi connectivity index (χ2v) is 7.73. The molecule has 0 atom stereocenters. The number of nitrogens with zero attached hydrogens (tertiary/aromatic N) is 3. The lowest BCUT2D eigenvalue weighted by Crippen LogP contribution is -2.12. The molecule has 1 heterocycles. The van der Waals surface area contributed by atoms with Crippen molar-refractivity contribution in [3.05, 3.63) is 89.0 Å². The van der Waals surface area contributed by atoms with Crippen molar-refractivity contribution in [2.45, 2.75) is 6.92 Å². The van der Waals surface area contributed by atoms with Crippen molar-refractivity contribution in [1.29, 1.82) is 0 Å². The lowest BCUT2D eigenvalue weighted by Gasteiger charge is -2.07. The van der Waals surface area contributed by atoms with Crippen molar-refractivity contribution < 1.29 is 9.59 Å². The molecule has 0 aliphatic carbocycles. The van der Waals surface area contributed by atoms with Gasteiger partial charge in [-0.3, -0.25) is 9.59 Å². The molecule has 0 fully saturated rings. The van der Waals surface area contributed by atoms with Gasteiger partial charge < -0.3 is 10.6 Å². The molecule has 0 aliphatic rings. The van der Waals surface area contributed by atoms with Gasteiger partial charge in [0, 0.05) is 33.9 Å². The number of anilines is 2. The van der Waals surface area contributed by atoms with E-state index < -0.39 is 0 Å². The number of hydrogen-bond acceptors (Lipinski definition) is 4. The number of halogens is 1. The molecule has 2 N–H and O–H groups in total. The maximum Gasteiger partial charge on any atom is 0.255 e. The van der Waals surface area contributed by atoms with Crippen molar-refractivity contribution >= 4 is 39.1 Å². The van der Waals surface area contributed by atoms with E-state index >= 15 is 0 Å². The van der Waals surface area contributed by atoms with E-state index in [2.05, 4.69) is 36.9 Å². The van der Waals surface area contributed by atoms with Crippen LogP contribution in [-0.2, 0) is 4.79 Å². The first kappa shape index (κ1) is 20.5. The van der Waals surface area contributed by atoms with Crippen LogP contribution < -0.4 is 10.6 Å². The van der Waals surface area contributed by atoms with Gasteiger partial charge in [-0.1, -0.05) is 39.3 Å². The van der Waals surface area contributed by atoms with Crippen LogP contribution in [0.15, 0.2) is 83.5 Å². The van der Waals surface area contributed by atoms with Crippen LogP contribution in [0.4, 0.5) is 11.4 Å². The normalized spacial score (nSPS) is 10.5. The van der Waals surface area contributed by atoms with Gasteiger partial charge in [-0.25, -0.2) is 4.68 Å². The van der Waals surface area contributed by atoms with E-state index in [0.29, 0.717) is 16.9 Å². The highest BCUT2D eigenvalue weighted by atomic mass is 79.9. The lowest BCUT2D eigenvalue weighted by atomic mass is 10.1. The number of benzene rings is 3. The van der Waals surface area contributed by atoms with E-state index in [1.807, 2.05) is 54.7 Å². The third-order valence-electron chi connectivity index (χ3n) is 4.47. The van der Waals surface area contributed by atoms with E-state index in [-0.39, 0.29) is 11.8 Å². The van der Waals surface area contributed by atoms with Gasteiger partial charge >= 0.3 is 0 Å². The average Bonchev–Trinajstić information content (AvgIpc) is 3.25. The van der Waals surface area contributed by atoms with Crippen molar-refractivity contribution in [1.82, 2.24) is 15.0 Å². The number of carbonyl (C=O) groups is 2. The van der Waals surface area contributed by atoms with Crippen LogP contribution in [-0.4, -0.2) is 26.8 Å². The van der Waals surface area contributed by atoms with Crippen molar-refractivity contribution in [2.75, 3.05) is 10.6 Å². The van der Waals surface area contributed by atoms with Crippen LogP contribution >= 0.6 is 15.9 Å². The minimum Gasteiger partial charge on any atom is -0.326 e. The molecule has 0 unspecified atom stereocenters. The second kappa shape index (κ2) is 8.93. The summed E-state index contributed by atoms with van der Waals surface area (Å²) in [7, 11) is 0. The van der Waals surface area contributed by atoms with Gasteiger partial charge in [0.25, 0.3) is 5.91 Å². The van der Waals surface area contributed by atoms with Crippen LogP contribution in [0.2, 0.25) is 0 Å². The van der Waals surface area contributed by atoms with E-state index in [0.717, 1.165) is 21.4 Å². The van der Waals surface area contributed by atoms with Crippen LogP contribution in [0, 0.1) is 0 Å². The van der Waals surface area contributed by atoms with Crippen LogP contribution in [0.3, 0.4) is 0 Å². The number of carbonyl (C=O) groups excluding carboxylic acids is 2. The molecule has 7 nitrogen and oxygen atoms in total. The Bertz CT molecular complexity index is 1230. The first-order valence-electron chi connectivity index (χ1n) is 9.46. The molecular weight excluding hydrogens is 458 g/mol. The van der Waals surface area contributed by atoms with Gasteiger partial charge in [0.05, 0.1) is 11.9 Å². The molecule has 4 aromatic rings. The van der Waals surface area contributed by atoms with Crippen molar-refractivity contribution in [3.8, 4) is 16.9 Å². The quantitative estimate of drug-likeness (QED) is 0.429. The largest absolute Gasteiger partial charge is 0.326 e. The first-order chi connectivity index (χ1) is 15.0. The summed E-state index contributed by atoms with van der Waals surface area (Å²) in [5, 5.41) is 14.0. The van der Waals surface area contributed by atoms with Crippen LogP contribution in [0.1, 0.15) is 17.3 Å². The monoisotopic (exact) mass is 475 g/mol. The Morgan fingerprint density at radius 3 is 2.26 bits per heavy atom. The maximum absolute atomic E-state index is 12.5. The topological polar surface area (TPSA) is 88.9 Å². The zero-order valence-electron chi connectivity index (χ0n) is 16.5. The molecule has 8 heteroatoms. The third-order valence-corrected chi connectivity index (χ3v) is 4.97. The molecule has 4 rings (SSSR count). The fourth-order valence-corrected chi connectivity index (χ4v) is 3.36. The molecule has 0 saturated heterocycles. The zero-order chi connectivity index (χ0) is 21.8. The Kier molecular flexibility index (Phi) is 5.90. The van der Waals surface area contributed by atoms with Gasteiger partial charge in [0.15, 0.2) is 0 Å². The highest BCUT2D eigenvalue weighted by Gasteiger charge is 2.09. The highest BCUT2D eigenvalue weighted by Crippen LogP contribution is 2.22. The summed E-state index contributed by atoms with van der Waals surface area (Å²) >= 11 is 3.46. The number of nitrogens with one attached hydrogen (secondary N) is 2. The summed E-state index contributed by atoms with van der Waals surface area (Å²) in [4.78, 5) is 23.6. The Morgan fingerprint density at radius 2 is 1.58 bits per heavy atom. The SMILES string of the molecule is CC(=O)Nc1ccc(C(=O)Nc2ccc(-c3cn(-c4cccc(Br)c4)nn3)cc2)cc1. The number of rotatable bonds is 5. The average molecular weight is 476 g/mol. The number of amides is 2. The third kappa shape index (κ3) is 5.04. The molecule has 2 amide bonds. The molecule has 154 valence electrons. The summed E-state index contributed by atoms with van der Waals surface area (Å²) in [5.41, 5.74) is 4.32. The molecule has 0 radical (unpaired) electrons. The van der Waals surface area contributed by atoms with E-state index in [1.54, 1.807) is 28.9 Å². The van der Waals surface area contributed by atoms with E-state index in [1.165, 1.54) is 6.92 Å². The van der Waals surface area contributed by atoms with Gasteiger partial charge in [-0.05, 0) is 54.6 Å². The molecule has 0 aliphatic heterocycles. The standard InChI is InChI=1S/C23H18BrN5O2/c1-15(30)25-19-11-7-17(8-12-19)23(31)26-20-9-5-16(6-10-20)22-14-29(28-27-22)21-4-2-3-18(24)13-21/h2-14H,1H3,(H,25,30)(H,26,31). The van der Waals surface area contributed by atoms with Gasteiger partial charge in [-0.2, -0.15) is 0 Å². The maximum atomic E-state index is 12.5. The molecule has 3 aromatic carbocycles. The van der Waals surface area contributed by atoms with Crippen molar-refractivity contribution in [2.24, 2.45) is 0 Å². The Hall–Kier alpha value is -3.78. The second-order valence-electron chi connectivity index (χ2n) is 6.82. The molecule has 1 aromatic heterocycles. The fourth-order valence-electron chi connectivity index (χ4n) is 2.98. The van der Waals surface area contributed by atoms with Crippen LogP contribution in [0.25, 0.3) is 16.9 Å². The summed E-state index contributed by atoms with van der Waals surface area (Å²) < 4.78 is 2.67. The number of aromatic nitrogens is 3. The van der Waals surface area contributed by atoms with E-state index in [4.69, 9.17) is 0 Å². The minimum atomic E-state index is -0.234. The predicted octanol–water partition coefficient (Wildman–Crippen LogP) is 4.91. The van der Waals surface area contributed by atoms with Gasteiger partial charge in [0.1, 0.15) is 5.69 Å². The molecular formula is C23H18BrN5O2. The van der Waals surface area contributed by atoms with Gasteiger partial charge in [0.2, 0.25) is 5.91 Å². The minimum absolute atomic E-state index is 0.158. The molecule has 31 heavy (non-hydrogen) atoms. The molecule has 0 bridgehead atoms. The summed E-state index contributed by atoms with van der Waals surface area (Å²) in [5.74, 6) is -0.392. The molecule has 0 saturated carbocycles. The highest BCUT2D eigenvalue weighted by molar-refractivity contribution is 9.10. The molecule has 0 spiro atoms. The lowest BCUT2D eigenvalue weighted by molar-refractivity contribution is -0.114. The van der Waals surface area contributed by atoms with E-state index in [9.17, 15) is 9.59 Å². The number of hydrogen-bond donors (Lipinski definition) is 2. The van der Waals surface area contributed by atoms with Crippen LogP contribution in [0.5, 0.6) is 0 Å². The predicted molar refractivity (Wildman–Crippen MR) is 123 cm³/mol. The summed E-state index contributed by atoms with van der Waals surface area (Å²) in [6, 6.07) is 21.9. The smallest absolute Gasteiger partial charge is 0.255 e. The van der Waals surface area contributed by atoms with Gasteiger partial charge in [-0.15, -0.1) is 5.10 Å². The Balaban J connectivity index is 1.44. The summed E-state index contributed by atoms with van der Waals surface area (Å²) in [6.45, 7) is 1.44. The zero-order valence-corrected chi connectivity index (χ0v) is 18.1. The fraction of sp³-hybridized carbons (Fsp3) is 0.0435. The first-order valence-corrected chi connectivity index (χ1v) is 10.2. The summed E-state index contributed by atoms with van der Waals surface area (Å²) in [6.07, 6.45) is 1.85.